The van der Waals surface area contributed by atoms with Gasteiger partial charge in [0.25, 0.3) is 0 Å². The van der Waals surface area contributed by atoms with Gasteiger partial charge in [-0.05, 0) is 18.3 Å². The second-order valence-corrected chi connectivity index (χ2v) is 3.58. The second-order valence-electron chi connectivity index (χ2n) is 3.58. The quantitative estimate of drug-likeness (QED) is 0.350. The molecule has 0 heterocycles. The highest BCUT2D eigenvalue weighted by Crippen LogP contribution is 2.25. The maximum atomic E-state index is 5.15. The first-order valence-corrected chi connectivity index (χ1v) is 4.06. The van der Waals surface area contributed by atoms with E-state index in [9.17, 15) is 0 Å². The van der Waals surface area contributed by atoms with Crippen molar-refractivity contribution in [2.45, 2.75) is 40.0 Å². The highest BCUT2D eigenvalue weighted by Gasteiger charge is 2.13. The van der Waals surface area contributed by atoms with Crippen LogP contribution in [0.5, 0.6) is 0 Å². The monoisotopic (exact) mass is 144 g/mol. The molecule has 0 aliphatic rings. The van der Waals surface area contributed by atoms with E-state index in [-0.39, 0.29) is 0 Å². The van der Waals surface area contributed by atoms with Gasteiger partial charge in [-0.15, -0.1) is 0 Å². The fourth-order valence-electron chi connectivity index (χ4n) is 0.846. The molecule has 10 heavy (non-hydrogen) atoms. The lowest BCUT2D eigenvalue weighted by molar-refractivity contribution is 0.311. The first kappa shape index (κ1) is 9.92. The Kier molecular flexibility index (Phi) is 4.65. The molecule has 0 aromatic carbocycles. The van der Waals surface area contributed by atoms with Crippen LogP contribution in [0.15, 0.2) is 0 Å². The fraction of sp³-hybridized carbons (Fsp3) is 1.00. The molecule has 0 rings (SSSR count). The Morgan fingerprint density at radius 3 is 2.40 bits per heavy atom. The zero-order valence-corrected chi connectivity index (χ0v) is 7.41. The summed E-state index contributed by atoms with van der Waals surface area (Å²) in [5.41, 5.74) is 3.16. The molecule has 0 aromatic rings. The number of nitrogens with two attached hydrogens (primary N) is 1. The van der Waals surface area contributed by atoms with Gasteiger partial charge in [0.05, 0.1) is 0 Å². The largest absolute Gasteiger partial charge is 0.271 e. The topological polar surface area (TPSA) is 38.0 Å². The predicted octanol–water partition coefficient (Wildman–Crippen LogP) is 1.67. The molecule has 0 unspecified atom stereocenters. The molecule has 0 saturated heterocycles. The van der Waals surface area contributed by atoms with Gasteiger partial charge in [0.15, 0.2) is 0 Å². The molecule has 0 atom stereocenters. The smallest absolute Gasteiger partial charge is 0.00976 e. The third-order valence-electron chi connectivity index (χ3n) is 2.13. The first-order chi connectivity index (χ1) is 4.62. The maximum Gasteiger partial charge on any atom is 0.00976 e. The summed E-state index contributed by atoms with van der Waals surface area (Å²) < 4.78 is 0. The molecule has 62 valence electrons. The van der Waals surface area contributed by atoms with E-state index in [2.05, 4.69) is 26.2 Å². The van der Waals surface area contributed by atoms with Crippen molar-refractivity contribution in [2.24, 2.45) is 11.3 Å². The van der Waals surface area contributed by atoms with Gasteiger partial charge in [-0.3, -0.25) is 11.3 Å². The average Bonchev–Trinajstić information content (AvgIpc) is 1.89. The first-order valence-electron chi connectivity index (χ1n) is 4.06. The minimum Gasteiger partial charge on any atom is -0.271 e. The molecule has 0 bridgehead atoms. The summed E-state index contributed by atoms with van der Waals surface area (Å²) in [4.78, 5) is 0. The highest BCUT2D eigenvalue weighted by atomic mass is 15.2. The highest BCUT2D eigenvalue weighted by molar-refractivity contribution is 4.65. The molecule has 0 aliphatic heterocycles. The molecule has 2 heteroatoms. The standard InChI is InChI=1S/C8H20N2/c1-4-8(2,3)6-5-7-10-9/h10H,4-7,9H2,1-3H3. The summed E-state index contributed by atoms with van der Waals surface area (Å²) in [6.45, 7) is 7.76. The van der Waals surface area contributed by atoms with Crippen molar-refractivity contribution < 1.29 is 0 Å². The minimum atomic E-state index is 0.497. The van der Waals surface area contributed by atoms with Crippen LogP contribution in [0.3, 0.4) is 0 Å². The summed E-state index contributed by atoms with van der Waals surface area (Å²) in [5.74, 6) is 5.15. The lowest BCUT2D eigenvalue weighted by atomic mass is 9.85. The predicted molar refractivity (Wildman–Crippen MR) is 45.5 cm³/mol. The lowest BCUT2D eigenvalue weighted by Gasteiger charge is -2.21. The van der Waals surface area contributed by atoms with Crippen LogP contribution in [0.2, 0.25) is 0 Å². The van der Waals surface area contributed by atoms with Crippen molar-refractivity contribution in [1.29, 1.82) is 0 Å². The molecular formula is C8H20N2. The summed E-state index contributed by atoms with van der Waals surface area (Å²) in [6, 6.07) is 0. The zero-order chi connectivity index (χ0) is 8.04. The molecule has 0 aromatic heterocycles. The van der Waals surface area contributed by atoms with Crippen LogP contribution >= 0.6 is 0 Å². The summed E-state index contributed by atoms with van der Waals surface area (Å²) in [5, 5.41) is 0. The Labute approximate surface area is 64.2 Å². The Morgan fingerprint density at radius 1 is 1.40 bits per heavy atom. The zero-order valence-electron chi connectivity index (χ0n) is 7.41. The van der Waals surface area contributed by atoms with Crippen molar-refractivity contribution in [3.05, 3.63) is 0 Å². The van der Waals surface area contributed by atoms with Gasteiger partial charge in [0.1, 0.15) is 0 Å². The molecule has 3 N–H and O–H groups in total. The van der Waals surface area contributed by atoms with Crippen molar-refractivity contribution in [1.82, 2.24) is 5.43 Å². The van der Waals surface area contributed by atoms with Gasteiger partial charge in [-0.25, -0.2) is 0 Å². The molecule has 0 saturated carbocycles. The average molecular weight is 144 g/mol. The second kappa shape index (κ2) is 4.69. The fourth-order valence-corrected chi connectivity index (χ4v) is 0.846. The van der Waals surface area contributed by atoms with E-state index in [1.54, 1.807) is 0 Å². The molecule has 2 nitrogen and oxygen atoms in total. The van der Waals surface area contributed by atoms with Crippen LogP contribution in [0, 0.1) is 5.41 Å². The van der Waals surface area contributed by atoms with E-state index in [1.165, 1.54) is 19.3 Å². The third kappa shape index (κ3) is 4.77. The number of nitrogens with one attached hydrogen (secondary N) is 1. The van der Waals surface area contributed by atoms with E-state index in [0.29, 0.717) is 5.41 Å². The van der Waals surface area contributed by atoms with Crippen LogP contribution in [-0.4, -0.2) is 6.54 Å². The Morgan fingerprint density at radius 2 is 2.00 bits per heavy atom. The van der Waals surface area contributed by atoms with Crippen LogP contribution < -0.4 is 11.3 Å². The Balaban J connectivity index is 3.28. The van der Waals surface area contributed by atoms with Crippen LogP contribution in [0.25, 0.3) is 0 Å². The van der Waals surface area contributed by atoms with Gasteiger partial charge < -0.3 is 0 Å². The van der Waals surface area contributed by atoms with Gasteiger partial charge in [0, 0.05) is 6.54 Å². The molecular weight excluding hydrogens is 124 g/mol. The number of hydrazine groups is 1. The molecule has 0 fully saturated rings. The number of rotatable bonds is 5. The normalized spacial score (nSPS) is 12.0. The SMILES string of the molecule is CCC(C)(C)CCCNN. The third-order valence-corrected chi connectivity index (χ3v) is 2.13. The number of hydrogen-bond acceptors (Lipinski definition) is 2. The van der Waals surface area contributed by atoms with Crippen molar-refractivity contribution in [3.8, 4) is 0 Å². The molecule has 0 spiro atoms. The molecule has 0 aliphatic carbocycles. The Hall–Kier alpha value is -0.0800. The van der Waals surface area contributed by atoms with Gasteiger partial charge in [-0.1, -0.05) is 27.2 Å². The lowest BCUT2D eigenvalue weighted by Crippen LogP contribution is -2.24. The van der Waals surface area contributed by atoms with Crippen LogP contribution in [0.1, 0.15) is 40.0 Å². The van der Waals surface area contributed by atoms with Crippen LogP contribution in [0.4, 0.5) is 0 Å². The van der Waals surface area contributed by atoms with Crippen molar-refractivity contribution in [3.63, 3.8) is 0 Å². The van der Waals surface area contributed by atoms with Crippen LogP contribution in [-0.2, 0) is 0 Å². The summed E-state index contributed by atoms with van der Waals surface area (Å²) in [6.07, 6.45) is 3.68. The van der Waals surface area contributed by atoms with E-state index in [4.69, 9.17) is 5.84 Å². The summed E-state index contributed by atoms with van der Waals surface area (Å²) >= 11 is 0. The van der Waals surface area contributed by atoms with Gasteiger partial charge >= 0.3 is 0 Å². The van der Waals surface area contributed by atoms with E-state index in [1.807, 2.05) is 0 Å². The van der Waals surface area contributed by atoms with Crippen molar-refractivity contribution >= 4 is 0 Å². The van der Waals surface area contributed by atoms with Crippen molar-refractivity contribution in [2.75, 3.05) is 6.54 Å². The molecule has 0 amide bonds. The van der Waals surface area contributed by atoms with E-state index >= 15 is 0 Å². The Bertz CT molecular complexity index is 79.3. The van der Waals surface area contributed by atoms with Gasteiger partial charge in [0.2, 0.25) is 0 Å². The summed E-state index contributed by atoms with van der Waals surface area (Å²) in [7, 11) is 0. The van der Waals surface area contributed by atoms with E-state index < -0.39 is 0 Å². The number of hydrogen-bond donors (Lipinski definition) is 2. The van der Waals surface area contributed by atoms with Gasteiger partial charge in [-0.2, -0.15) is 0 Å². The maximum absolute atomic E-state index is 5.15. The minimum absolute atomic E-state index is 0.497. The van der Waals surface area contributed by atoms with E-state index in [0.717, 1.165) is 6.54 Å². The molecule has 0 radical (unpaired) electrons.